The fraction of sp³-hybridized carbons (Fsp3) is 0.188. The normalized spacial score (nSPS) is 15.1. The molecule has 0 unspecified atom stereocenters. The molecular weight excluding hydrogens is 292 g/mol. The van der Waals surface area contributed by atoms with E-state index in [4.69, 9.17) is 4.74 Å². The second-order valence-corrected chi connectivity index (χ2v) is 5.63. The maximum atomic E-state index is 5.15. The third kappa shape index (κ3) is 2.05. The van der Waals surface area contributed by atoms with Gasteiger partial charge in [0.15, 0.2) is 0 Å². The predicted octanol–water partition coefficient (Wildman–Crippen LogP) is 1.85. The number of imidazole rings is 1. The zero-order valence-corrected chi connectivity index (χ0v) is 12.3. The quantitative estimate of drug-likeness (QED) is 0.625. The van der Waals surface area contributed by atoms with Gasteiger partial charge in [0.2, 0.25) is 5.95 Å². The molecule has 0 amide bonds. The van der Waals surface area contributed by atoms with Gasteiger partial charge in [0, 0.05) is 35.9 Å². The minimum Gasteiger partial charge on any atom is -0.377 e. The summed E-state index contributed by atoms with van der Waals surface area (Å²) in [5.74, 6) is 0.623. The van der Waals surface area contributed by atoms with Crippen LogP contribution in [-0.2, 0) is 4.74 Å². The van der Waals surface area contributed by atoms with E-state index in [9.17, 15) is 0 Å². The fourth-order valence-corrected chi connectivity index (χ4v) is 2.79. The van der Waals surface area contributed by atoms with Crippen LogP contribution >= 0.6 is 0 Å². The first-order valence-electron chi connectivity index (χ1n) is 7.48. The van der Waals surface area contributed by atoms with Crippen molar-refractivity contribution in [2.24, 2.45) is 0 Å². The highest BCUT2D eigenvalue weighted by Gasteiger charge is 2.19. The van der Waals surface area contributed by atoms with Gasteiger partial charge in [0.1, 0.15) is 5.65 Å². The Bertz CT molecular complexity index is 1000. The van der Waals surface area contributed by atoms with Gasteiger partial charge in [-0.2, -0.15) is 0 Å². The number of hydrogen-bond acceptors (Lipinski definition) is 5. The van der Waals surface area contributed by atoms with E-state index in [1.165, 1.54) is 0 Å². The van der Waals surface area contributed by atoms with E-state index in [2.05, 4.69) is 38.7 Å². The first-order valence-corrected chi connectivity index (χ1v) is 7.48. The highest BCUT2D eigenvalue weighted by molar-refractivity contribution is 5.80. The lowest BCUT2D eigenvalue weighted by Gasteiger charge is -2.26. The van der Waals surface area contributed by atoms with Crippen LogP contribution < -0.4 is 5.32 Å². The Hall–Kier alpha value is -2.93. The van der Waals surface area contributed by atoms with Crippen LogP contribution in [0.1, 0.15) is 0 Å². The molecule has 0 spiro atoms. The van der Waals surface area contributed by atoms with Crippen molar-refractivity contribution < 1.29 is 4.74 Å². The molecule has 114 valence electrons. The summed E-state index contributed by atoms with van der Waals surface area (Å²) < 4.78 is 9.01. The molecule has 5 heterocycles. The molecule has 5 rings (SSSR count). The van der Waals surface area contributed by atoms with E-state index >= 15 is 0 Å². The molecule has 1 fully saturated rings. The van der Waals surface area contributed by atoms with Gasteiger partial charge in [-0.1, -0.05) is 0 Å². The van der Waals surface area contributed by atoms with Gasteiger partial charge >= 0.3 is 0 Å². The number of fused-ring (bicyclic) bond motifs is 2. The van der Waals surface area contributed by atoms with Gasteiger partial charge in [-0.15, -0.1) is 5.10 Å². The zero-order valence-electron chi connectivity index (χ0n) is 12.3. The molecule has 0 radical (unpaired) electrons. The average molecular weight is 306 g/mol. The molecule has 23 heavy (non-hydrogen) atoms. The summed E-state index contributed by atoms with van der Waals surface area (Å²) in [5, 5.41) is 7.78. The van der Waals surface area contributed by atoms with E-state index in [1.807, 2.05) is 33.6 Å². The number of rotatable bonds is 3. The van der Waals surface area contributed by atoms with Crippen LogP contribution in [0, 0.1) is 0 Å². The van der Waals surface area contributed by atoms with Crippen molar-refractivity contribution in [1.29, 1.82) is 0 Å². The smallest absolute Gasteiger partial charge is 0.241 e. The highest BCUT2D eigenvalue weighted by Crippen LogP contribution is 2.25. The Labute approximate surface area is 131 Å². The molecular formula is C16H14N6O. The van der Waals surface area contributed by atoms with Gasteiger partial charge in [-0.3, -0.25) is 0 Å². The van der Waals surface area contributed by atoms with E-state index in [1.54, 1.807) is 6.20 Å². The van der Waals surface area contributed by atoms with Crippen LogP contribution in [-0.4, -0.2) is 43.2 Å². The number of nitrogens with one attached hydrogen (secondary N) is 1. The summed E-state index contributed by atoms with van der Waals surface area (Å²) >= 11 is 0. The van der Waals surface area contributed by atoms with Crippen LogP contribution in [0.2, 0.25) is 0 Å². The topological polar surface area (TPSA) is 68.8 Å². The standard InChI is InChI=1S/C16H14N6O/c1-2-15-17-4-6-21(15)8-11(1)13-3-5-22-14(13)7-18-16(20-22)19-12-9-23-10-12/h1-8,12H,9-10H2,(H,19,20). The van der Waals surface area contributed by atoms with Gasteiger partial charge in [0.05, 0.1) is 31.0 Å². The second kappa shape index (κ2) is 4.79. The molecule has 0 aliphatic carbocycles. The van der Waals surface area contributed by atoms with Crippen LogP contribution in [0.3, 0.4) is 0 Å². The molecule has 4 aromatic rings. The van der Waals surface area contributed by atoms with E-state index in [0.29, 0.717) is 25.2 Å². The summed E-state index contributed by atoms with van der Waals surface area (Å²) in [4.78, 5) is 8.69. The lowest BCUT2D eigenvalue weighted by molar-refractivity contribution is 0.0207. The van der Waals surface area contributed by atoms with Gasteiger partial charge in [0.25, 0.3) is 0 Å². The van der Waals surface area contributed by atoms with Gasteiger partial charge in [-0.25, -0.2) is 14.5 Å². The third-order valence-electron chi connectivity index (χ3n) is 4.09. The monoisotopic (exact) mass is 306 g/mol. The maximum Gasteiger partial charge on any atom is 0.241 e. The number of nitrogens with zero attached hydrogens (tertiary/aromatic N) is 5. The zero-order chi connectivity index (χ0) is 15.2. The van der Waals surface area contributed by atoms with Crippen LogP contribution in [0.5, 0.6) is 0 Å². The van der Waals surface area contributed by atoms with Crippen molar-refractivity contribution in [2.45, 2.75) is 6.04 Å². The van der Waals surface area contributed by atoms with Gasteiger partial charge < -0.3 is 14.5 Å². The largest absolute Gasteiger partial charge is 0.377 e. The SMILES string of the molecule is c1cn2cc(-c3ccn4nc(NC5COC5)ncc34)ccc2n1. The number of aromatic nitrogens is 5. The molecule has 4 aromatic heterocycles. The predicted molar refractivity (Wildman–Crippen MR) is 85.4 cm³/mol. The molecule has 1 aliphatic rings. The van der Waals surface area contributed by atoms with Crippen LogP contribution in [0.15, 0.2) is 49.2 Å². The third-order valence-corrected chi connectivity index (χ3v) is 4.09. The molecule has 1 aliphatic heterocycles. The van der Waals surface area contributed by atoms with E-state index in [0.717, 1.165) is 22.3 Å². The number of anilines is 1. The summed E-state index contributed by atoms with van der Waals surface area (Å²) in [6.45, 7) is 1.42. The first kappa shape index (κ1) is 12.6. The van der Waals surface area contributed by atoms with Crippen molar-refractivity contribution in [2.75, 3.05) is 18.5 Å². The lowest BCUT2D eigenvalue weighted by atomic mass is 10.1. The molecule has 0 saturated carbocycles. The van der Waals surface area contributed by atoms with E-state index < -0.39 is 0 Å². The highest BCUT2D eigenvalue weighted by atomic mass is 16.5. The molecule has 0 atom stereocenters. The first-order chi connectivity index (χ1) is 11.4. The summed E-state index contributed by atoms with van der Waals surface area (Å²) in [7, 11) is 0. The summed E-state index contributed by atoms with van der Waals surface area (Å²) in [6, 6.07) is 6.44. The van der Waals surface area contributed by atoms with Crippen LogP contribution in [0.25, 0.3) is 22.3 Å². The Morgan fingerprint density at radius 1 is 1.13 bits per heavy atom. The minimum atomic E-state index is 0.311. The van der Waals surface area contributed by atoms with Crippen molar-refractivity contribution >= 4 is 17.1 Å². The summed E-state index contributed by atoms with van der Waals surface area (Å²) in [5.41, 5.74) is 4.11. The fourth-order valence-electron chi connectivity index (χ4n) is 2.79. The number of hydrogen-bond donors (Lipinski definition) is 1. The molecule has 0 aromatic carbocycles. The lowest BCUT2D eigenvalue weighted by Crippen LogP contribution is -2.40. The Morgan fingerprint density at radius 3 is 2.96 bits per heavy atom. The molecule has 7 heteroatoms. The molecule has 1 saturated heterocycles. The van der Waals surface area contributed by atoms with Crippen molar-refractivity contribution in [3.63, 3.8) is 0 Å². The van der Waals surface area contributed by atoms with Crippen molar-refractivity contribution in [1.82, 2.24) is 24.0 Å². The number of pyridine rings is 1. The molecule has 1 N–H and O–H groups in total. The Kier molecular flexibility index (Phi) is 2.62. The van der Waals surface area contributed by atoms with Crippen LogP contribution in [0.4, 0.5) is 5.95 Å². The molecule has 0 bridgehead atoms. The van der Waals surface area contributed by atoms with Crippen molar-refractivity contribution in [3.8, 4) is 11.1 Å². The Balaban J connectivity index is 1.55. The number of ether oxygens (including phenoxy) is 1. The second-order valence-electron chi connectivity index (χ2n) is 5.63. The minimum absolute atomic E-state index is 0.311. The summed E-state index contributed by atoms with van der Waals surface area (Å²) in [6.07, 6.45) is 9.60. The average Bonchev–Trinajstić information content (AvgIpc) is 3.16. The van der Waals surface area contributed by atoms with Crippen molar-refractivity contribution in [3.05, 3.63) is 49.2 Å². The Morgan fingerprint density at radius 2 is 2.09 bits per heavy atom. The molecule has 7 nitrogen and oxygen atoms in total. The maximum absolute atomic E-state index is 5.15. The van der Waals surface area contributed by atoms with E-state index in [-0.39, 0.29) is 0 Å². The van der Waals surface area contributed by atoms with Gasteiger partial charge in [-0.05, 0) is 18.2 Å².